The maximum Gasteiger partial charge on any atom is 0.280 e. The highest BCUT2D eigenvalue weighted by Crippen LogP contribution is 2.18. The summed E-state index contributed by atoms with van der Waals surface area (Å²) < 4.78 is 1.41. The van der Waals surface area contributed by atoms with Gasteiger partial charge in [0.05, 0.1) is 6.33 Å². The zero-order valence-corrected chi connectivity index (χ0v) is 10.6. The molecule has 0 aromatic carbocycles. The van der Waals surface area contributed by atoms with Crippen LogP contribution in [0.15, 0.2) is 11.1 Å². The molecule has 0 saturated carbocycles. The Labute approximate surface area is 108 Å². The minimum atomic E-state index is -0.854. The first-order chi connectivity index (χ1) is 9.02. The summed E-state index contributed by atoms with van der Waals surface area (Å²) in [7, 11) is 0. The second-order valence-electron chi connectivity index (χ2n) is 4.62. The van der Waals surface area contributed by atoms with Gasteiger partial charge >= 0.3 is 0 Å². The quantitative estimate of drug-likeness (QED) is 0.583. The van der Waals surface area contributed by atoms with Gasteiger partial charge < -0.3 is 15.9 Å². The predicted molar refractivity (Wildman–Crippen MR) is 69.3 cm³/mol. The number of aromatic amines is 1. The number of rotatable bonds is 5. The fourth-order valence-corrected chi connectivity index (χ4v) is 1.83. The van der Waals surface area contributed by atoms with E-state index in [9.17, 15) is 9.90 Å². The van der Waals surface area contributed by atoms with Crippen molar-refractivity contribution in [3.05, 3.63) is 16.7 Å². The molecule has 0 aliphatic heterocycles. The standard InChI is InChI=1S/C11H17N5O3/c1-6(4-17)2-3-7(18)16-5-13-8-9(16)14-11(12)15-10(8)19/h5-7,17-18H,2-4H2,1H3,(H3,12,14,15,19). The second kappa shape index (κ2) is 5.37. The number of hydrogen-bond donors (Lipinski definition) is 4. The maximum absolute atomic E-state index is 11.6. The minimum absolute atomic E-state index is 0.0184. The Hall–Kier alpha value is -1.93. The molecule has 2 aromatic heterocycles. The largest absolute Gasteiger partial charge is 0.396 e. The molecular weight excluding hydrogens is 250 g/mol. The second-order valence-corrected chi connectivity index (χ2v) is 4.62. The molecule has 0 spiro atoms. The van der Waals surface area contributed by atoms with Crippen molar-refractivity contribution in [1.82, 2.24) is 19.5 Å². The molecule has 0 amide bonds. The summed E-state index contributed by atoms with van der Waals surface area (Å²) in [4.78, 5) is 21.8. The topological polar surface area (TPSA) is 130 Å². The van der Waals surface area contributed by atoms with Crippen molar-refractivity contribution >= 4 is 17.1 Å². The highest BCUT2D eigenvalue weighted by atomic mass is 16.3. The van der Waals surface area contributed by atoms with Crippen LogP contribution in [-0.2, 0) is 0 Å². The number of aliphatic hydroxyl groups is 2. The first-order valence-electron chi connectivity index (χ1n) is 6.04. The fourth-order valence-electron chi connectivity index (χ4n) is 1.83. The number of nitrogens with zero attached hydrogens (tertiary/aromatic N) is 3. The van der Waals surface area contributed by atoms with E-state index in [-0.39, 0.29) is 29.6 Å². The summed E-state index contributed by atoms with van der Waals surface area (Å²) in [5, 5.41) is 19.0. The van der Waals surface area contributed by atoms with Gasteiger partial charge in [0.1, 0.15) is 6.23 Å². The third-order valence-corrected chi connectivity index (χ3v) is 3.00. The van der Waals surface area contributed by atoms with Gasteiger partial charge in [-0.2, -0.15) is 4.98 Å². The molecule has 8 nitrogen and oxygen atoms in total. The van der Waals surface area contributed by atoms with Crippen molar-refractivity contribution in [3.63, 3.8) is 0 Å². The van der Waals surface area contributed by atoms with Crippen LogP contribution in [0.4, 0.5) is 5.95 Å². The molecule has 0 aliphatic carbocycles. The SMILES string of the molecule is CC(CO)CCC(O)n1cnc2c(=O)[nH]c(N)nc21. The van der Waals surface area contributed by atoms with Crippen LogP contribution in [-0.4, -0.2) is 36.3 Å². The summed E-state index contributed by atoms with van der Waals surface area (Å²) in [6.45, 7) is 1.96. The van der Waals surface area contributed by atoms with Crippen molar-refractivity contribution in [1.29, 1.82) is 0 Å². The van der Waals surface area contributed by atoms with Gasteiger partial charge in [0.25, 0.3) is 5.56 Å². The Balaban J connectivity index is 2.27. The number of imidazole rings is 1. The maximum atomic E-state index is 11.6. The van der Waals surface area contributed by atoms with Gasteiger partial charge in [-0.05, 0) is 18.8 Å². The van der Waals surface area contributed by atoms with Crippen molar-refractivity contribution in [3.8, 4) is 0 Å². The van der Waals surface area contributed by atoms with Crippen LogP contribution in [0.1, 0.15) is 26.0 Å². The van der Waals surface area contributed by atoms with Crippen molar-refractivity contribution < 1.29 is 10.2 Å². The van der Waals surface area contributed by atoms with E-state index in [1.54, 1.807) is 0 Å². The lowest BCUT2D eigenvalue weighted by atomic mass is 10.1. The average molecular weight is 267 g/mol. The van der Waals surface area contributed by atoms with Crippen LogP contribution in [0.25, 0.3) is 11.2 Å². The van der Waals surface area contributed by atoms with E-state index >= 15 is 0 Å². The number of nitrogens with one attached hydrogen (secondary N) is 1. The lowest BCUT2D eigenvalue weighted by molar-refractivity contribution is 0.0859. The summed E-state index contributed by atoms with van der Waals surface area (Å²) in [5.74, 6) is 0.0843. The molecule has 19 heavy (non-hydrogen) atoms. The van der Waals surface area contributed by atoms with Gasteiger partial charge in [0, 0.05) is 6.61 Å². The summed E-state index contributed by atoms with van der Waals surface area (Å²) in [6, 6.07) is 0. The number of aromatic nitrogens is 4. The normalized spacial score (nSPS) is 14.7. The third-order valence-electron chi connectivity index (χ3n) is 3.00. The van der Waals surface area contributed by atoms with E-state index in [1.165, 1.54) is 10.9 Å². The molecule has 5 N–H and O–H groups in total. The van der Waals surface area contributed by atoms with Gasteiger partial charge in [0.15, 0.2) is 11.2 Å². The Morgan fingerprint density at radius 1 is 1.53 bits per heavy atom. The molecular formula is C11H17N5O3. The first-order valence-corrected chi connectivity index (χ1v) is 6.04. The highest BCUT2D eigenvalue weighted by Gasteiger charge is 2.15. The van der Waals surface area contributed by atoms with Gasteiger partial charge in [-0.25, -0.2) is 4.98 Å². The van der Waals surface area contributed by atoms with E-state index < -0.39 is 11.8 Å². The molecule has 0 bridgehead atoms. The number of nitrogen functional groups attached to an aromatic ring is 1. The lowest BCUT2D eigenvalue weighted by Gasteiger charge is -2.14. The molecule has 2 aromatic rings. The van der Waals surface area contributed by atoms with E-state index in [4.69, 9.17) is 10.8 Å². The zero-order valence-electron chi connectivity index (χ0n) is 10.6. The summed E-state index contributed by atoms with van der Waals surface area (Å²) in [6.07, 6.45) is 1.59. The Bertz CT molecular complexity index is 620. The summed E-state index contributed by atoms with van der Waals surface area (Å²) >= 11 is 0. The van der Waals surface area contributed by atoms with E-state index in [2.05, 4.69) is 15.0 Å². The molecule has 0 radical (unpaired) electrons. The van der Waals surface area contributed by atoms with Crippen LogP contribution >= 0.6 is 0 Å². The molecule has 8 heteroatoms. The van der Waals surface area contributed by atoms with Crippen LogP contribution in [0.5, 0.6) is 0 Å². The number of hydrogen-bond acceptors (Lipinski definition) is 6. The average Bonchev–Trinajstić information content (AvgIpc) is 2.79. The fraction of sp³-hybridized carbons (Fsp3) is 0.545. The third kappa shape index (κ3) is 2.74. The Morgan fingerprint density at radius 3 is 2.95 bits per heavy atom. The molecule has 104 valence electrons. The van der Waals surface area contributed by atoms with Crippen LogP contribution in [0, 0.1) is 5.92 Å². The molecule has 0 aliphatic rings. The van der Waals surface area contributed by atoms with Crippen molar-refractivity contribution in [2.75, 3.05) is 12.3 Å². The highest BCUT2D eigenvalue weighted by molar-refractivity contribution is 5.70. The number of nitrogens with two attached hydrogens (primary N) is 1. The number of aliphatic hydroxyl groups excluding tert-OH is 2. The van der Waals surface area contributed by atoms with Crippen molar-refractivity contribution in [2.45, 2.75) is 26.0 Å². The number of H-pyrrole nitrogens is 1. The predicted octanol–water partition coefficient (Wildman–Crippen LogP) is -0.399. The monoisotopic (exact) mass is 267 g/mol. The lowest BCUT2D eigenvalue weighted by Crippen LogP contribution is -2.14. The van der Waals surface area contributed by atoms with E-state index in [0.29, 0.717) is 12.8 Å². The van der Waals surface area contributed by atoms with E-state index in [0.717, 1.165) is 0 Å². The molecule has 2 heterocycles. The summed E-state index contributed by atoms with van der Waals surface area (Å²) in [5.41, 5.74) is 5.44. The minimum Gasteiger partial charge on any atom is -0.396 e. The molecule has 2 atom stereocenters. The van der Waals surface area contributed by atoms with E-state index in [1.807, 2.05) is 6.92 Å². The van der Waals surface area contributed by atoms with Crippen LogP contribution in [0.3, 0.4) is 0 Å². The number of fused-ring (bicyclic) bond motifs is 1. The van der Waals surface area contributed by atoms with Gasteiger partial charge in [-0.3, -0.25) is 14.3 Å². The molecule has 0 fully saturated rings. The Morgan fingerprint density at radius 2 is 2.26 bits per heavy atom. The Kier molecular flexibility index (Phi) is 3.82. The number of anilines is 1. The molecule has 2 unspecified atom stereocenters. The van der Waals surface area contributed by atoms with Crippen LogP contribution in [0.2, 0.25) is 0 Å². The first kappa shape index (κ1) is 13.5. The van der Waals surface area contributed by atoms with Gasteiger partial charge in [-0.1, -0.05) is 6.92 Å². The molecule has 0 saturated heterocycles. The smallest absolute Gasteiger partial charge is 0.280 e. The molecule has 2 rings (SSSR count). The van der Waals surface area contributed by atoms with Gasteiger partial charge in [0.2, 0.25) is 5.95 Å². The van der Waals surface area contributed by atoms with Crippen LogP contribution < -0.4 is 11.3 Å². The van der Waals surface area contributed by atoms with Crippen molar-refractivity contribution in [2.24, 2.45) is 5.92 Å². The van der Waals surface area contributed by atoms with Gasteiger partial charge in [-0.15, -0.1) is 0 Å². The zero-order chi connectivity index (χ0) is 14.0.